The average Bonchev–Trinajstić information content (AvgIpc) is 3.12. The van der Waals surface area contributed by atoms with E-state index in [1.165, 1.54) is 12.8 Å². The van der Waals surface area contributed by atoms with Gasteiger partial charge in [-0.3, -0.25) is 9.78 Å². The lowest BCUT2D eigenvalue weighted by atomic mass is 10.1. The summed E-state index contributed by atoms with van der Waals surface area (Å²) < 4.78 is 0. The summed E-state index contributed by atoms with van der Waals surface area (Å²) in [6.07, 6.45) is 4.58. The van der Waals surface area contributed by atoms with Gasteiger partial charge in [-0.15, -0.1) is 0 Å². The van der Waals surface area contributed by atoms with Crippen LogP contribution in [-0.4, -0.2) is 16.9 Å². The van der Waals surface area contributed by atoms with Gasteiger partial charge in [-0.25, -0.2) is 0 Å². The molecule has 0 spiro atoms. The van der Waals surface area contributed by atoms with E-state index in [0.29, 0.717) is 18.9 Å². The zero-order valence-electron chi connectivity index (χ0n) is 10.1. The fourth-order valence-electron chi connectivity index (χ4n) is 1.78. The molecule has 0 bridgehead atoms. The Kier molecular flexibility index (Phi) is 3.74. The molecule has 1 aliphatic carbocycles. The smallest absolute Gasteiger partial charge is 0.221 e. The second kappa shape index (κ2) is 5.27. The standard InChI is InChI=1S/C13H19N3O/c1-9-2-3-10(7-15-9)8-16-13(17)6-12(14)11-4-5-11/h2-3,7,11-12H,4-6,8,14H2,1H3,(H,16,17). The topological polar surface area (TPSA) is 68.0 Å². The third-order valence-corrected chi connectivity index (χ3v) is 3.11. The number of aromatic nitrogens is 1. The van der Waals surface area contributed by atoms with E-state index in [2.05, 4.69) is 10.3 Å². The average molecular weight is 233 g/mol. The lowest BCUT2D eigenvalue weighted by Gasteiger charge is -2.10. The van der Waals surface area contributed by atoms with Gasteiger partial charge in [0.15, 0.2) is 0 Å². The molecule has 1 unspecified atom stereocenters. The minimum atomic E-state index is 0.0324. The molecule has 0 saturated heterocycles. The Morgan fingerprint density at radius 2 is 2.35 bits per heavy atom. The van der Waals surface area contributed by atoms with Crippen LogP contribution in [0, 0.1) is 12.8 Å². The number of nitrogens with two attached hydrogens (primary N) is 1. The zero-order valence-corrected chi connectivity index (χ0v) is 10.1. The Hall–Kier alpha value is -1.42. The Morgan fingerprint density at radius 3 is 2.94 bits per heavy atom. The number of carbonyl (C=O) groups is 1. The lowest BCUT2D eigenvalue weighted by Crippen LogP contribution is -2.32. The van der Waals surface area contributed by atoms with Crippen molar-refractivity contribution >= 4 is 5.91 Å². The van der Waals surface area contributed by atoms with Crippen LogP contribution < -0.4 is 11.1 Å². The highest BCUT2D eigenvalue weighted by molar-refractivity contribution is 5.76. The SMILES string of the molecule is Cc1ccc(CNC(=O)CC(N)C2CC2)cn1. The fraction of sp³-hybridized carbons (Fsp3) is 0.538. The maximum atomic E-state index is 11.6. The summed E-state index contributed by atoms with van der Waals surface area (Å²) in [4.78, 5) is 15.8. The van der Waals surface area contributed by atoms with E-state index in [1.807, 2.05) is 19.1 Å². The second-order valence-electron chi connectivity index (χ2n) is 4.79. The van der Waals surface area contributed by atoms with Crippen molar-refractivity contribution in [2.45, 2.75) is 38.8 Å². The van der Waals surface area contributed by atoms with Crippen molar-refractivity contribution < 1.29 is 4.79 Å². The summed E-state index contributed by atoms with van der Waals surface area (Å²) in [6.45, 7) is 2.47. The van der Waals surface area contributed by atoms with Crippen LogP contribution in [0.3, 0.4) is 0 Å². The molecule has 3 N–H and O–H groups in total. The molecule has 1 aromatic heterocycles. The van der Waals surface area contributed by atoms with Crippen molar-refractivity contribution in [1.29, 1.82) is 0 Å². The molecule has 1 amide bonds. The first kappa shape index (κ1) is 12.0. The first-order valence-electron chi connectivity index (χ1n) is 6.09. The molecule has 1 atom stereocenters. The van der Waals surface area contributed by atoms with Gasteiger partial charge in [-0.2, -0.15) is 0 Å². The van der Waals surface area contributed by atoms with Crippen molar-refractivity contribution in [2.75, 3.05) is 0 Å². The van der Waals surface area contributed by atoms with Crippen LogP contribution >= 0.6 is 0 Å². The molecule has 1 saturated carbocycles. The third-order valence-electron chi connectivity index (χ3n) is 3.11. The molecule has 0 aromatic carbocycles. The summed E-state index contributed by atoms with van der Waals surface area (Å²) in [5.41, 5.74) is 7.90. The van der Waals surface area contributed by atoms with Gasteiger partial charge in [0.25, 0.3) is 0 Å². The molecule has 0 aliphatic heterocycles. The van der Waals surface area contributed by atoms with Crippen molar-refractivity contribution in [3.8, 4) is 0 Å². The van der Waals surface area contributed by atoms with Gasteiger partial charge >= 0.3 is 0 Å². The van der Waals surface area contributed by atoms with Gasteiger partial charge in [-0.1, -0.05) is 6.07 Å². The Bertz CT molecular complexity index is 384. The molecule has 1 heterocycles. The predicted molar refractivity (Wildman–Crippen MR) is 66.1 cm³/mol. The molecule has 0 radical (unpaired) electrons. The second-order valence-corrected chi connectivity index (χ2v) is 4.79. The maximum Gasteiger partial charge on any atom is 0.221 e. The molecular formula is C13H19N3O. The molecule has 1 aromatic rings. The van der Waals surface area contributed by atoms with E-state index in [-0.39, 0.29) is 11.9 Å². The number of pyridine rings is 1. The highest BCUT2D eigenvalue weighted by Crippen LogP contribution is 2.32. The third kappa shape index (κ3) is 3.82. The number of rotatable bonds is 5. The van der Waals surface area contributed by atoms with Gasteiger partial charge in [-0.05, 0) is 37.3 Å². The molecule has 2 rings (SSSR count). The van der Waals surface area contributed by atoms with E-state index >= 15 is 0 Å². The number of hydrogen-bond donors (Lipinski definition) is 2. The van der Waals surface area contributed by atoms with Crippen molar-refractivity contribution in [3.05, 3.63) is 29.6 Å². The summed E-state index contributed by atoms with van der Waals surface area (Å²) in [5.74, 6) is 0.603. The van der Waals surface area contributed by atoms with Crippen LogP contribution in [-0.2, 0) is 11.3 Å². The Balaban J connectivity index is 1.73. The van der Waals surface area contributed by atoms with Crippen LogP contribution in [0.15, 0.2) is 18.3 Å². The number of amides is 1. The number of carbonyl (C=O) groups excluding carboxylic acids is 1. The number of nitrogens with zero attached hydrogens (tertiary/aromatic N) is 1. The first-order chi connectivity index (χ1) is 8.15. The van der Waals surface area contributed by atoms with E-state index in [0.717, 1.165) is 11.3 Å². The van der Waals surface area contributed by atoms with Gasteiger partial charge in [0.05, 0.1) is 0 Å². The monoisotopic (exact) mass is 233 g/mol. The number of hydrogen-bond acceptors (Lipinski definition) is 3. The normalized spacial score (nSPS) is 16.6. The van der Waals surface area contributed by atoms with Crippen LogP contribution in [0.1, 0.15) is 30.5 Å². The number of nitrogens with one attached hydrogen (secondary N) is 1. The highest BCUT2D eigenvalue weighted by Gasteiger charge is 2.29. The first-order valence-corrected chi connectivity index (χ1v) is 6.09. The van der Waals surface area contributed by atoms with Crippen molar-refractivity contribution in [3.63, 3.8) is 0 Å². The van der Waals surface area contributed by atoms with Crippen LogP contribution in [0.5, 0.6) is 0 Å². The maximum absolute atomic E-state index is 11.6. The largest absolute Gasteiger partial charge is 0.352 e. The van der Waals surface area contributed by atoms with Crippen molar-refractivity contribution in [2.24, 2.45) is 11.7 Å². The van der Waals surface area contributed by atoms with Gasteiger partial charge in [0.2, 0.25) is 5.91 Å². The molecule has 1 fully saturated rings. The lowest BCUT2D eigenvalue weighted by molar-refractivity contribution is -0.121. The molecular weight excluding hydrogens is 214 g/mol. The van der Waals surface area contributed by atoms with Gasteiger partial charge in [0, 0.05) is 30.9 Å². The molecule has 4 nitrogen and oxygen atoms in total. The summed E-state index contributed by atoms with van der Waals surface area (Å²) in [7, 11) is 0. The van der Waals surface area contributed by atoms with Crippen molar-refractivity contribution in [1.82, 2.24) is 10.3 Å². The molecule has 1 aliphatic rings. The summed E-state index contributed by atoms with van der Waals surface area (Å²) in [5, 5.41) is 2.87. The Morgan fingerprint density at radius 1 is 1.59 bits per heavy atom. The van der Waals surface area contributed by atoms with Gasteiger partial charge in [0.1, 0.15) is 0 Å². The minimum Gasteiger partial charge on any atom is -0.352 e. The van der Waals surface area contributed by atoms with Crippen LogP contribution in [0.2, 0.25) is 0 Å². The fourth-order valence-corrected chi connectivity index (χ4v) is 1.78. The van der Waals surface area contributed by atoms with Crippen LogP contribution in [0.4, 0.5) is 0 Å². The van der Waals surface area contributed by atoms with E-state index in [4.69, 9.17) is 5.73 Å². The highest BCUT2D eigenvalue weighted by atomic mass is 16.1. The van der Waals surface area contributed by atoms with Gasteiger partial charge < -0.3 is 11.1 Å². The molecule has 4 heteroatoms. The Labute approximate surface area is 102 Å². The minimum absolute atomic E-state index is 0.0324. The molecule has 92 valence electrons. The number of aryl methyl sites for hydroxylation is 1. The summed E-state index contributed by atoms with van der Waals surface area (Å²) in [6, 6.07) is 3.95. The van der Waals surface area contributed by atoms with E-state index in [1.54, 1.807) is 6.20 Å². The quantitative estimate of drug-likeness (QED) is 0.801. The molecule has 17 heavy (non-hydrogen) atoms. The predicted octanol–water partition coefficient (Wildman–Crippen LogP) is 1.13. The van der Waals surface area contributed by atoms with E-state index in [9.17, 15) is 4.79 Å². The zero-order chi connectivity index (χ0) is 12.3. The summed E-state index contributed by atoms with van der Waals surface area (Å²) >= 11 is 0. The van der Waals surface area contributed by atoms with Crippen LogP contribution in [0.25, 0.3) is 0 Å². The van der Waals surface area contributed by atoms with E-state index < -0.39 is 0 Å².